The topological polar surface area (TPSA) is 90.2 Å². The molecule has 0 fully saturated rings. The van der Waals surface area contributed by atoms with E-state index in [2.05, 4.69) is 15.3 Å². The molecule has 0 radical (unpaired) electrons. The van der Waals surface area contributed by atoms with Crippen molar-refractivity contribution in [3.8, 4) is 0 Å². The molecule has 1 rings (SSSR count). The first kappa shape index (κ1) is 15.6. The fraction of sp³-hybridized carbons (Fsp3) is 0.636. The SMILES string of the molecule is COCCC(C)(C)CNc1nc(Cl)ncc1[N+](=O)[O-]. The standard InChI is InChI=1S/C11H17ClN4O3/c1-11(2,4-5-19-3)7-14-9-8(16(17)18)6-13-10(12)15-9/h6H,4-5,7H2,1-3H3,(H,13,14,15). The minimum atomic E-state index is -0.541. The number of hydrogen-bond acceptors (Lipinski definition) is 6. The zero-order valence-corrected chi connectivity index (χ0v) is 11.9. The number of nitro groups is 1. The van der Waals surface area contributed by atoms with Crippen LogP contribution in [-0.4, -0.2) is 35.2 Å². The molecule has 0 aliphatic carbocycles. The molecule has 7 nitrogen and oxygen atoms in total. The van der Waals surface area contributed by atoms with Crippen molar-refractivity contribution >= 4 is 23.1 Å². The number of ether oxygens (including phenoxy) is 1. The summed E-state index contributed by atoms with van der Waals surface area (Å²) in [4.78, 5) is 17.8. The van der Waals surface area contributed by atoms with Gasteiger partial charge in [0.1, 0.15) is 6.20 Å². The molecule has 19 heavy (non-hydrogen) atoms. The van der Waals surface area contributed by atoms with Crippen LogP contribution in [0.3, 0.4) is 0 Å². The second-order valence-corrected chi connectivity index (χ2v) is 5.23. The second-order valence-electron chi connectivity index (χ2n) is 4.89. The molecule has 0 spiro atoms. The molecule has 1 heterocycles. The monoisotopic (exact) mass is 288 g/mol. The Hall–Kier alpha value is -1.47. The van der Waals surface area contributed by atoms with Gasteiger partial charge in [-0.25, -0.2) is 4.98 Å². The van der Waals surface area contributed by atoms with E-state index in [4.69, 9.17) is 16.3 Å². The van der Waals surface area contributed by atoms with Crippen LogP contribution in [0.25, 0.3) is 0 Å². The maximum absolute atomic E-state index is 10.9. The van der Waals surface area contributed by atoms with E-state index in [0.29, 0.717) is 13.2 Å². The molecule has 0 aromatic carbocycles. The van der Waals surface area contributed by atoms with Gasteiger partial charge in [0.05, 0.1) is 4.92 Å². The first-order valence-corrected chi connectivity index (χ1v) is 6.13. The number of nitrogens with zero attached hydrogens (tertiary/aromatic N) is 3. The van der Waals surface area contributed by atoms with Crippen LogP contribution in [0.2, 0.25) is 5.28 Å². The van der Waals surface area contributed by atoms with Crippen molar-refractivity contribution < 1.29 is 9.66 Å². The molecule has 0 saturated carbocycles. The normalized spacial score (nSPS) is 11.4. The lowest BCUT2D eigenvalue weighted by molar-refractivity contribution is -0.384. The lowest BCUT2D eigenvalue weighted by Gasteiger charge is -2.24. The number of hydrogen-bond donors (Lipinski definition) is 1. The molecule has 106 valence electrons. The number of halogens is 1. The van der Waals surface area contributed by atoms with Crippen molar-refractivity contribution in [1.82, 2.24) is 9.97 Å². The first-order valence-electron chi connectivity index (χ1n) is 5.75. The molecule has 1 N–H and O–H groups in total. The molecule has 8 heteroatoms. The van der Waals surface area contributed by atoms with Crippen molar-refractivity contribution in [2.24, 2.45) is 5.41 Å². The van der Waals surface area contributed by atoms with Gasteiger partial charge in [-0.05, 0) is 23.4 Å². The number of methoxy groups -OCH3 is 1. The van der Waals surface area contributed by atoms with E-state index in [1.807, 2.05) is 13.8 Å². The largest absolute Gasteiger partial charge is 0.385 e. The average Bonchev–Trinajstić information content (AvgIpc) is 2.34. The zero-order chi connectivity index (χ0) is 14.5. The molecule has 0 aliphatic heterocycles. The van der Waals surface area contributed by atoms with Crippen molar-refractivity contribution in [2.45, 2.75) is 20.3 Å². The number of rotatable bonds is 7. The van der Waals surface area contributed by atoms with Gasteiger partial charge < -0.3 is 10.1 Å². The fourth-order valence-electron chi connectivity index (χ4n) is 1.41. The Bertz CT molecular complexity index is 454. The first-order chi connectivity index (χ1) is 8.85. The highest BCUT2D eigenvalue weighted by Crippen LogP contribution is 2.25. The summed E-state index contributed by atoms with van der Waals surface area (Å²) < 4.78 is 5.03. The number of anilines is 1. The smallest absolute Gasteiger partial charge is 0.329 e. The molecular formula is C11H17ClN4O3. The lowest BCUT2D eigenvalue weighted by atomic mass is 9.90. The minimum Gasteiger partial charge on any atom is -0.385 e. The van der Waals surface area contributed by atoms with Crippen LogP contribution in [0.1, 0.15) is 20.3 Å². The highest BCUT2D eigenvalue weighted by atomic mass is 35.5. The van der Waals surface area contributed by atoms with Crippen LogP contribution in [0.5, 0.6) is 0 Å². The predicted octanol–water partition coefficient (Wildman–Crippen LogP) is 2.51. The Morgan fingerprint density at radius 1 is 1.58 bits per heavy atom. The third-order valence-electron chi connectivity index (χ3n) is 2.65. The quantitative estimate of drug-likeness (QED) is 0.471. The van der Waals surface area contributed by atoms with E-state index < -0.39 is 4.92 Å². The summed E-state index contributed by atoms with van der Waals surface area (Å²) in [6.07, 6.45) is 1.92. The Morgan fingerprint density at radius 2 is 2.26 bits per heavy atom. The summed E-state index contributed by atoms with van der Waals surface area (Å²) in [5, 5.41) is 13.8. The minimum absolute atomic E-state index is 0.0252. The summed E-state index contributed by atoms with van der Waals surface area (Å²) >= 11 is 5.65. The van der Waals surface area contributed by atoms with E-state index in [1.165, 1.54) is 0 Å². The average molecular weight is 289 g/mol. The van der Waals surface area contributed by atoms with Gasteiger partial charge in [-0.2, -0.15) is 4.98 Å². The maximum Gasteiger partial charge on any atom is 0.329 e. The third-order valence-corrected chi connectivity index (χ3v) is 2.84. The van der Waals surface area contributed by atoms with Gasteiger partial charge in [-0.15, -0.1) is 0 Å². The molecule has 0 saturated heterocycles. The molecular weight excluding hydrogens is 272 g/mol. The summed E-state index contributed by atoms with van der Waals surface area (Å²) in [5.74, 6) is 0.135. The van der Waals surface area contributed by atoms with E-state index >= 15 is 0 Å². The molecule has 1 aromatic heterocycles. The van der Waals surface area contributed by atoms with Crippen molar-refractivity contribution in [1.29, 1.82) is 0 Å². The molecule has 0 atom stereocenters. The van der Waals surface area contributed by atoms with Gasteiger partial charge in [0.15, 0.2) is 0 Å². The van der Waals surface area contributed by atoms with Gasteiger partial charge in [0, 0.05) is 20.3 Å². The number of aromatic nitrogens is 2. The van der Waals surface area contributed by atoms with Gasteiger partial charge >= 0.3 is 5.69 Å². The van der Waals surface area contributed by atoms with Crippen LogP contribution in [0.4, 0.5) is 11.5 Å². The Morgan fingerprint density at radius 3 is 2.84 bits per heavy atom. The molecule has 1 aromatic rings. The van der Waals surface area contributed by atoms with Crippen molar-refractivity contribution in [3.63, 3.8) is 0 Å². The number of nitrogens with one attached hydrogen (secondary N) is 1. The second kappa shape index (κ2) is 6.63. The van der Waals surface area contributed by atoms with E-state index in [0.717, 1.165) is 12.6 Å². The van der Waals surface area contributed by atoms with E-state index in [-0.39, 0.29) is 22.2 Å². The van der Waals surface area contributed by atoms with Crippen LogP contribution >= 0.6 is 11.6 Å². The molecule has 0 amide bonds. The summed E-state index contributed by atoms with van der Waals surface area (Å²) in [5.41, 5.74) is -0.270. The van der Waals surface area contributed by atoms with Gasteiger partial charge in [-0.3, -0.25) is 10.1 Å². The summed E-state index contributed by atoms with van der Waals surface area (Å²) in [6, 6.07) is 0. The van der Waals surface area contributed by atoms with Crippen LogP contribution < -0.4 is 5.32 Å². The zero-order valence-electron chi connectivity index (χ0n) is 11.1. The fourth-order valence-corrected chi connectivity index (χ4v) is 1.54. The van der Waals surface area contributed by atoms with Crippen LogP contribution in [0, 0.1) is 15.5 Å². The Kier molecular flexibility index (Phi) is 5.44. The van der Waals surface area contributed by atoms with Gasteiger partial charge in [0.2, 0.25) is 11.1 Å². The van der Waals surface area contributed by atoms with Crippen molar-refractivity contribution in [3.05, 3.63) is 21.6 Å². The Labute approximate surface area is 116 Å². The maximum atomic E-state index is 10.9. The van der Waals surface area contributed by atoms with Crippen LogP contribution in [-0.2, 0) is 4.74 Å². The summed E-state index contributed by atoms with van der Waals surface area (Å²) in [7, 11) is 1.64. The van der Waals surface area contributed by atoms with Crippen molar-refractivity contribution in [2.75, 3.05) is 25.6 Å². The molecule has 0 bridgehead atoms. The van der Waals surface area contributed by atoms with Crippen LogP contribution in [0.15, 0.2) is 6.20 Å². The highest BCUT2D eigenvalue weighted by molar-refractivity contribution is 6.28. The Balaban J connectivity index is 2.76. The molecule has 0 unspecified atom stereocenters. The molecule has 0 aliphatic rings. The third kappa shape index (κ3) is 4.96. The highest BCUT2D eigenvalue weighted by Gasteiger charge is 2.21. The van der Waals surface area contributed by atoms with Gasteiger partial charge in [0.25, 0.3) is 0 Å². The summed E-state index contributed by atoms with van der Waals surface area (Å²) in [6.45, 7) is 5.22. The van der Waals surface area contributed by atoms with Gasteiger partial charge in [-0.1, -0.05) is 13.8 Å². The predicted molar refractivity (Wildman–Crippen MR) is 72.5 cm³/mol. The van der Waals surface area contributed by atoms with E-state index in [9.17, 15) is 10.1 Å². The van der Waals surface area contributed by atoms with E-state index in [1.54, 1.807) is 7.11 Å². The lowest BCUT2D eigenvalue weighted by Crippen LogP contribution is -2.25.